The lowest BCUT2D eigenvalue weighted by atomic mass is 10.0. The second kappa shape index (κ2) is 11.0. The van der Waals surface area contributed by atoms with Gasteiger partial charge in [0, 0.05) is 50.7 Å². The van der Waals surface area contributed by atoms with Gasteiger partial charge >= 0.3 is 6.03 Å². The van der Waals surface area contributed by atoms with E-state index in [1.165, 1.54) is 15.6 Å². The average Bonchev–Trinajstić information content (AvgIpc) is 3.26. The number of halogens is 2. The topological polar surface area (TPSA) is 79.4 Å². The van der Waals surface area contributed by atoms with Gasteiger partial charge in [-0.3, -0.25) is 24.7 Å². The standard InChI is InChI=1S/C28H32Cl2N6O3/c29-23-2-1-3-24(26(23)30)34-14-12-33(13-15-34)21-6-9-32(10-7-21)17-19-4-5-22-20(16-19)18-36(27(22)38)35-11-8-25(37)31-28(35)39/h1-5,16,21H,6-15,17-18H2,(H,31,37,39). The zero-order valence-electron chi connectivity index (χ0n) is 21.7. The van der Waals surface area contributed by atoms with Crippen molar-refractivity contribution < 1.29 is 14.4 Å². The summed E-state index contributed by atoms with van der Waals surface area (Å²) in [5.74, 6) is -0.504. The van der Waals surface area contributed by atoms with Crippen LogP contribution in [0.25, 0.3) is 0 Å². The predicted molar refractivity (Wildman–Crippen MR) is 150 cm³/mol. The number of benzene rings is 2. The number of carbonyl (C=O) groups excluding carboxylic acids is 3. The maximum atomic E-state index is 12.9. The number of hydrogen-bond donors (Lipinski definition) is 1. The number of imide groups is 1. The molecular formula is C28H32Cl2N6O3. The molecule has 2 aromatic rings. The number of urea groups is 1. The molecule has 4 heterocycles. The number of nitrogens with zero attached hydrogens (tertiary/aromatic N) is 5. The van der Waals surface area contributed by atoms with E-state index in [4.69, 9.17) is 23.2 Å². The summed E-state index contributed by atoms with van der Waals surface area (Å²) in [7, 11) is 0. The van der Waals surface area contributed by atoms with E-state index in [1.807, 2.05) is 30.3 Å². The first kappa shape index (κ1) is 26.4. The molecule has 0 unspecified atom stereocenters. The second-order valence-corrected chi connectivity index (χ2v) is 11.5. The lowest BCUT2D eigenvalue weighted by Crippen LogP contribution is -2.56. The molecule has 11 heteroatoms. The zero-order chi connectivity index (χ0) is 27.1. The van der Waals surface area contributed by atoms with Crippen molar-refractivity contribution in [2.24, 2.45) is 0 Å². The first-order valence-corrected chi connectivity index (χ1v) is 14.3. The Kier molecular flexibility index (Phi) is 7.41. The van der Waals surface area contributed by atoms with Crippen LogP contribution in [0.15, 0.2) is 36.4 Å². The Hall–Kier alpha value is -2.85. The third kappa shape index (κ3) is 5.33. The van der Waals surface area contributed by atoms with E-state index >= 15 is 0 Å². The van der Waals surface area contributed by atoms with Crippen molar-refractivity contribution in [3.63, 3.8) is 0 Å². The van der Waals surface area contributed by atoms with E-state index < -0.39 is 6.03 Å². The molecule has 1 N–H and O–H groups in total. The Morgan fingerprint density at radius 2 is 1.64 bits per heavy atom. The maximum Gasteiger partial charge on any atom is 0.342 e. The van der Waals surface area contributed by atoms with E-state index in [-0.39, 0.29) is 24.8 Å². The first-order chi connectivity index (χ1) is 18.9. The van der Waals surface area contributed by atoms with Crippen LogP contribution in [0.2, 0.25) is 10.0 Å². The number of anilines is 1. The minimum atomic E-state index is -0.537. The molecule has 39 heavy (non-hydrogen) atoms. The van der Waals surface area contributed by atoms with Gasteiger partial charge in [0.1, 0.15) is 0 Å². The highest BCUT2D eigenvalue weighted by Crippen LogP contribution is 2.33. The Labute approximate surface area is 238 Å². The van der Waals surface area contributed by atoms with Crippen molar-refractivity contribution >= 4 is 46.7 Å². The molecule has 4 aliphatic heterocycles. The van der Waals surface area contributed by atoms with Crippen LogP contribution in [0.4, 0.5) is 10.5 Å². The van der Waals surface area contributed by atoms with Crippen molar-refractivity contribution in [1.82, 2.24) is 25.1 Å². The molecule has 2 aromatic carbocycles. The summed E-state index contributed by atoms with van der Waals surface area (Å²) < 4.78 is 0. The number of piperazine rings is 1. The minimum Gasteiger partial charge on any atom is -0.368 e. The molecule has 9 nitrogen and oxygen atoms in total. The molecule has 4 amide bonds. The number of piperidine rings is 1. The van der Waals surface area contributed by atoms with Gasteiger partial charge in [-0.2, -0.15) is 0 Å². The molecule has 3 fully saturated rings. The van der Waals surface area contributed by atoms with E-state index in [2.05, 4.69) is 26.1 Å². The lowest BCUT2D eigenvalue weighted by Gasteiger charge is -2.43. The quantitative estimate of drug-likeness (QED) is 0.591. The van der Waals surface area contributed by atoms with E-state index in [0.29, 0.717) is 28.2 Å². The van der Waals surface area contributed by atoms with Gasteiger partial charge < -0.3 is 4.90 Å². The van der Waals surface area contributed by atoms with Gasteiger partial charge in [0.15, 0.2) is 0 Å². The number of nitrogens with one attached hydrogen (secondary N) is 1. The summed E-state index contributed by atoms with van der Waals surface area (Å²) in [6, 6.07) is 11.9. The van der Waals surface area contributed by atoms with Gasteiger partial charge in [0.25, 0.3) is 5.91 Å². The molecule has 3 saturated heterocycles. The van der Waals surface area contributed by atoms with Crippen molar-refractivity contribution in [2.75, 3.05) is 50.7 Å². The Morgan fingerprint density at radius 3 is 2.38 bits per heavy atom. The summed E-state index contributed by atoms with van der Waals surface area (Å²) >= 11 is 12.7. The molecule has 4 aliphatic rings. The highest BCUT2D eigenvalue weighted by atomic mass is 35.5. The van der Waals surface area contributed by atoms with Gasteiger partial charge in [-0.1, -0.05) is 41.4 Å². The third-order valence-electron chi connectivity index (χ3n) is 8.34. The number of amides is 4. The lowest BCUT2D eigenvalue weighted by molar-refractivity contribution is -0.123. The van der Waals surface area contributed by atoms with Crippen LogP contribution in [0.1, 0.15) is 40.7 Å². The molecule has 0 aliphatic carbocycles. The highest BCUT2D eigenvalue weighted by molar-refractivity contribution is 6.43. The Bertz CT molecular complexity index is 1290. The zero-order valence-corrected chi connectivity index (χ0v) is 23.3. The third-order valence-corrected chi connectivity index (χ3v) is 9.15. The monoisotopic (exact) mass is 570 g/mol. The van der Waals surface area contributed by atoms with E-state index in [1.54, 1.807) is 0 Å². The van der Waals surface area contributed by atoms with E-state index in [0.717, 1.165) is 69.9 Å². The highest BCUT2D eigenvalue weighted by Gasteiger charge is 2.37. The summed E-state index contributed by atoms with van der Waals surface area (Å²) in [4.78, 5) is 44.1. The molecule has 0 aromatic heterocycles. The summed E-state index contributed by atoms with van der Waals surface area (Å²) in [5, 5.41) is 6.32. The fourth-order valence-electron chi connectivity index (χ4n) is 6.20. The Morgan fingerprint density at radius 1 is 0.872 bits per heavy atom. The number of fused-ring (bicyclic) bond motifs is 1. The summed E-state index contributed by atoms with van der Waals surface area (Å²) in [6.07, 6.45) is 2.47. The van der Waals surface area contributed by atoms with Crippen molar-refractivity contribution in [2.45, 2.75) is 38.4 Å². The van der Waals surface area contributed by atoms with Gasteiger partial charge in [0.2, 0.25) is 5.91 Å². The number of likely N-dealkylation sites (tertiary alicyclic amines) is 1. The number of hydrazine groups is 1. The summed E-state index contributed by atoms with van der Waals surface area (Å²) in [6.45, 7) is 7.41. The largest absolute Gasteiger partial charge is 0.368 e. The number of rotatable bonds is 5. The molecule has 0 saturated carbocycles. The van der Waals surface area contributed by atoms with Gasteiger partial charge in [-0.05, 0) is 55.3 Å². The molecular weight excluding hydrogens is 539 g/mol. The average molecular weight is 572 g/mol. The molecule has 0 spiro atoms. The summed E-state index contributed by atoms with van der Waals surface area (Å²) in [5.41, 5.74) is 3.74. The fourth-order valence-corrected chi connectivity index (χ4v) is 6.62. The van der Waals surface area contributed by atoms with Crippen LogP contribution in [-0.2, 0) is 17.9 Å². The van der Waals surface area contributed by atoms with Crippen LogP contribution in [0, 0.1) is 0 Å². The van der Waals surface area contributed by atoms with Crippen LogP contribution < -0.4 is 10.2 Å². The SMILES string of the molecule is O=C1CCN(N2Cc3cc(CN4CCC(N5CCN(c6cccc(Cl)c6Cl)CC5)CC4)ccc3C2=O)C(=O)N1. The number of carbonyl (C=O) groups is 3. The van der Waals surface area contributed by atoms with Gasteiger partial charge in [0.05, 0.1) is 28.8 Å². The van der Waals surface area contributed by atoms with Crippen LogP contribution in [0.5, 0.6) is 0 Å². The fraction of sp³-hybridized carbons (Fsp3) is 0.464. The predicted octanol–water partition coefficient (Wildman–Crippen LogP) is 3.59. The molecule has 0 radical (unpaired) electrons. The molecule has 206 valence electrons. The molecule has 6 rings (SSSR count). The van der Waals surface area contributed by atoms with Crippen LogP contribution >= 0.6 is 23.2 Å². The maximum absolute atomic E-state index is 12.9. The van der Waals surface area contributed by atoms with Gasteiger partial charge in [-0.25, -0.2) is 14.8 Å². The van der Waals surface area contributed by atoms with Crippen molar-refractivity contribution in [3.05, 3.63) is 63.1 Å². The van der Waals surface area contributed by atoms with E-state index in [9.17, 15) is 14.4 Å². The number of hydrogen-bond acceptors (Lipinski definition) is 6. The van der Waals surface area contributed by atoms with Crippen LogP contribution in [0.3, 0.4) is 0 Å². The normalized spacial score (nSPS) is 21.5. The van der Waals surface area contributed by atoms with Crippen molar-refractivity contribution in [1.29, 1.82) is 0 Å². The minimum absolute atomic E-state index is 0.193. The molecule has 0 atom stereocenters. The van der Waals surface area contributed by atoms with Crippen LogP contribution in [-0.4, -0.2) is 89.5 Å². The second-order valence-electron chi connectivity index (χ2n) is 10.7. The molecule has 0 bridgehead atoms. The van der Waals surface area contributed by atoms with Gasteiger partial charge in [-0.15, -0.1) is 0 Å². The Balaban J connectivity index is 1.00. The van der Waals surface area contributed by atoms with Crippen molar-refractivity contribution in [3.8, 4) is 0 Å². The smallest absolute Gasteiger partial charge is 0.342 e. The first-order valence-electron chi connectivity index (χ1n) is 13.6.